The Kier molecular flexibility index (Phi) is 11.4. The van der Waals surface area contributed by atoms with Gasteiger partial charge in [0, 0.05) is 31.5 Å². The molecule has 1 atom stereocenters. The Bertz CT molecular complexity index is 375. The second-order valence-corrected chi connectivity index (χ2v) is 5.58. The van der Waals surface area contributed by atoms with Gasteiger partial charge in [0.2, 0.25) is 0 Å². The molecule has 0 amide bonds. The van der Waals surface area contributed by atoms with Gasteiger partial charge in [-0.2, -0.15) is 0 Å². The predicted molar refractivity (Wildman–Crippen MR) is 100 cm³/mol. The molecular formula is C15H30IN5. The van der Waals surface area contributed by atoms with Crippen molar-refractivity contribution in [2.24, 2.45) is 10.9 Å². The summed E-state index contributed by atoms with van der Waals surface area (Å²) in [4.78, 5) is 8.63. The normalized spacial score (nSPS) is 12.9. The SMILES string of the molecule is CCNC(=NCCn1ccnc1)NC(C)CCC(C)C.I. The van der Waals surface area contributed by atoms with Crippen molar-refractivity contribution in [1.82, 2.24) is 20.2 Å². The zero-order chi connectivity index (χ0) is 14.8. The molecule has 0 fully saturated rings. The fourth-order valence-electron chi connectivity index (χ4n) is 1.91. The Hall–Kier alpha value is -0.790. The largest absolute Gasteiger partial charge is 0.357 e. The minimum absolute atomic E-state index is 0. The van der Waals surface area contributed by atoms with Crippen LogP contribution in [0.25, 0.3) is 0 Å². The molecule has 6 heteroatoms. The third-order valence-corrected chi connectivity index (χ3v) is 3.09. The van der Waals surface area contributed by atoms with Crippen LogP contribution in [-0.4, -0.2) is 34.6 Å². The Morgan fingerprint density at radius 3 is 2.62 bits per heavy atom. The molecule has 5 nitrogen and oxygen atoms in total. The van der Waals surface area contributed by atoms with Gasteiger partial charge in [0.05, 0.1) is 12.9 Å². The van der Waals surface area contributed by atoms with Gasteiger partial charge in [-0.3, -0.25) is 4.99 Å². The average molecular weight is 407 g/mol. The van der Waals surface area contributed by atoms with Crippen LogP contribution in [-0.2, 0) is 6.54 Å². The molecule has 0 radical (unpaired) electrons. The zero-order valence-corrected chi connectivity index (χ0v) is 16.0. The van der Waals surface area contributed by atoms with Crippen molar-refractivity contribution in [3.63, 3.8) is 0 Å². The summed E-state index contributed by atoms with van der Waals surface area (Å²) in [5.74, 6) is 1.66. The highest BCUT2D eigenvalue weighted by Crippen LogP contribution is 2.06. The van der Waals surface area contributed by atoms with Crippen molar-refractivity contribution in [2.75, 3.05) is 13.1 Å². The summed E-state index contributed by atoms with van der Waals surface area (Å²) in [5, 5.41) is 6.76. The number of aliphatic imine (C=N–C) groups is 1. The fraction of sp³-hybridized carbons (Fsp3) is 0.733. The van der Waals surface area contributed by atoms with Crippen LogP contribution < -0.4 is 10.6 Å². The average Bonchev–Trinajstić information content (AvgIpc) is 2.89. The lowest BCUT2D eigenvalue weighted by atomic mass is 10.0. The number of hydrogen-bond donors (Lipinski definition) is 2. The Morgan fingerprint density at radius 2 is 2.05 bits per heavy atom. The molecule has 2 N–H and O–H groups in total. The maximum Gasteiger partial charge on any atom is 0.191 e. The third kappa shape index (κ3) is 9.71. The monoisotopic (exact) mass is 407 g/mol. The van der Waals surface area contributed by atoms with E-state index in [0.29, 0.717) is 6.04 Å². The topological polar surface area (TPSA) is 54.2 Å². The standard InChI is InChI=1S/C15H29N5.HI/c1-5-17-15(19-14(4)7-6-13(2)3)18-9-11-20-10-8-16-12-20;/h8,10,12-14H,5-7,9,11H2,1-4H3,(H2,17,18,19);1H. The summed E-state index contributed by atoms with van der Waals surface area (Å²) >= 11 is 0. The molecule has 0 saturated carbocycles. The molecule has 122 valence electrons. The van der Waals surface area contributed by atoms with Crippen molar-refractivity contribution in [2.45, 2.75) is 53.1 Å². The fourth-order valence-corrected chi connectivity index (χ4v) is 1.91. The number of nitrogens with one attached hydrogen (secondary N) is 2. The summed E-state index contributed by atoms with van der Waals surface area (Å²) in [6.45, 7) is 11.3. The molecule has 21 heavy (non-hydrogen) atoms. The maximum atomic E-state index is 4.60. The third-order valence-electron chi connectivity index (χ3n) is 3.09. The van der Waals surface area contributed by atoms with Gasteiger partial charge in [0.25, 0.3) is 0 Å². The van der Waals surface area contributed by atoms with E-state index in [1.165, 1.54) is 12.8 Å². The van der Waals surface area contributed by atoms with Crippen molar-refractivity contribution >= 4 is 29.9 Å². The molecule has 1 aromatic heterocycles. The van der Waals surface area contributed by atoms with Gasteiger partial charge in [0.15, 0.2) is 5.96 Å². The van der Waals surface area contributed by atoms with Crippen LogP contribution in [0.4, 0.5) is 0 Å². The first-order valence-electron chi connectivity index (χ1n) is 7.62. The van der Waals surface area contributed by atoms with Crippen LogP contribution in [0.1, 0.15) is 40.5 Å². The van der Waals surface area contributed by atoms with Crippen LogP contribution in [0.2, 0.25) is 0 Å². The zero-order valence-electron chi connectivity index (χ0n) is 13.7. The first kappa shape index (κ1) is 20.2. The van der Waals surface area contributed by atoms with Gasteiger partial charge >= 0.3 is 0 Å². The molecule has 0 aliphatic rings. The summed E-state index contributed by atoms with van der Waals surface area (Å²) < 4.78 is 2.04. The highest BCUT2D eigenvalue weighted by Gasteiger charge is 2.06. The summed E-state index contributed by atoms with van der Waals surface area (Å²) in [6, 6.07) is 0.448. The number of hydrogen-bond acceptors (Lipinski definition) is 2. The number of imidazole rings is 1. The molecular weight excluding hydrogens is 377 g/mol. The van der Waals surface area contributed by atoms with Gasteiger partial charge in [-0.05, 0) is 32.6 Å². The first-order chi connectivity index (χ1) is 9.61. The van der Waals surface area contributed by atoms with E-state index in [4.69, 9.17) is 0 Å². The number of guanidine groups is 1. The first-order valence-corrected chi connectivity index (χ1v) is 7.62. The number of rotatable bonds is 8. The number of nitrogens with zero attached hydrogens (tertiary/aromatic N) is 3. The van der Waals surface area contributed by atoms with Gasteiger partial charge in [-0.25, -0.2) is 4.98 Å². The highest BCUT2D eigenvalue weighted by atomic mass is 127. The molecule has 0 aromatic carbocycles. The van der Waals surface area contributed by atoms with Crippen LogP contribution in [0.5, 0.6) is 0 Å². The molecule has 0 aliphatic heterocycles. The maximum absolute atomic E-state index is 4.60. The van der Waals surface area contributed by atoms with Gasteiger partial charge < -0.3 is 15.2 Å². The van der Waals surface area contributed by atoms with Crippen molar-refractivity contribution in [3.8, 4) is 0 Å². The van der Waals surface area contributed by atoms with E-state index in [1.54, 1.807) is 6.20 Å². The number of halogens is 1. The van der Waals surface area contributed by atoms with Crippen LogP contribution in [0.3, 0.4) is 0 Å². The molecule has 1 aromatic rings. The quantitative estimate of drug-likeness (QED) is 0.396. The van der Waals surface area contributed by atoms with Crippen LogP contribution >= 0.6 is 24.0 Å². The van der Waals surface area contributed by atoms with E-state index < -0.39 is 0 Å². The van der Waals surface area contributed by atoms with E-state index in [1.807, 2.05) is 17.1 Å². The summed E-state index contributed by atoms with van der Waals surface area (Å²) in [7, 11) is 0. The number of aromatic nitrogens is 2. The van der Waals surface area contributed by atoms with Crippen LogP contribution in [0.15, 0.2) is 23.7 Å². The summed E-state index contributed by atoms with van der Waals surface area (Å²) in [6.07, 6.45) is 7.98. The summed E-state index contributed by atoms with van der Waals surface area (Å²) in [5.41, 5.74) is 0. The minimum Gasteiger partial charge on any atom is -0.357 e. The Balaban J connectivity index is 0.00000400. The molecule has 1 heterocycles. The Morgan fingerprint density at radius 1 is 1.29 bits per heavy atom. The minimum atomic E-state index is 0. The van der Waals surface area contributed by atoms with E-state index >= 15 is 0 Å². The van der Waals surface area contributed by atoms with Crippen LogP contribution in [0, 0.1) is 5.92 Å². The molecule has 1 rings (SSSR count). The Labute approximate surface area is 146 Å². The molecule has 1 unspecified atom stereocenters. The van der Waals surface area contributed by atoms with E-state index in [0.717, 1.165) is 31.5 Å². The predicted octanol–water partition coefficient (Wildman–Crippen LogP) is 2.88. The van der Waals surface area contributed by atoms with Crippen molar-refractivity contribution in [3.05, 3.63) is 18.7 Å². The highest BCUT2D eigenvalue weighted by molar-refractivity contribution is 14.0. The van der Waals surface area contributed by atoms with Gasteiger partial charge in [-0.15, -0.1) is 24.0 Å². The smallest absolute Gasteiger partial charge is 0.191 e. The van der Waals surface area contributed by atoms with E-state index in [2.05, 4.69) is 48.3 Å². The molecule has 0 saturated heterocycles. The van der Waals surface area contributed by atoms with Crippen molar-refractivity contribution in [1.29, 1.82) is 0 Å². The second-order valence-electron chi connectivity index (χ2n) is 5.58. The molecule has 0 bridgehead atoms. The lowest BCUT2D eigenvalue weighted by molar-refractivity contribution is 0.489. The van der Waals surface area contributed by atoms with E-state index in [9.17, 15) is 0 Å². The molecule has 0 aliphatic carbocycles. The van der Waals surface area contributed by atoms with Gasteiger partial charge in [-0.1, -0.05) is 13.8 Å². The second kappa shape index (κ2) is 11.8. The lowest BCUT2D eigenvalue weighted by Gasteiger charge is -2.18. The van der Waals surface area contributed by atoms with Gasteiger partial charge in [0.1, 0.15) is 0 Å². The van der Waals surface area contributed by atoms with Crippen molar-refractivity contribution < 1.29 is 0 Å². The molecule has 0 spiro atoms. The van der Waals surface area contributed by atoms with E-state index in [-0.39, 0.29) is 24.0 Å². The lowest BCUT2D eigenvalue weighted by Crippen LogP contribution is -2.42.